The standard InChI is InChI=1S/C15H25N3/c1-17(10-7-15-5-3-2-4-6-15)13-14-18-11-8-16-9-12-18/h2-6,16H,7-14H2,1H3. The number of likely N-dealkylation sites (N-methyl/N-ethyl adjacent to an activating group) is 1. The third kappa shape index (κ3) is 4.77. The SMILES string of the molecule is CN(CCc1ccccc1)CCN1CCNCC1. The molecule has 100 valence electrons. The Hall–Kier alpha value is -0.900. The maximum absolute atomic E-state index is 3.39. The third-order valence-electron chi connectivity index (χ3n) is 3.63. The van der Waals surface area contributed by atoms with Crippen LogP contribution >= 0.6 is 0 Å². The topological polar surface area (TPSA) is 18.5 Å². The molecular formula is C15H25N3. The number of hydrogen-bond donors (Lipinski definition) is 1. The minimum atomic E-state index is 1.15. The first-order valence-electron chi connectivity index (χ1n) is 7.00. The number of nitrogens with zero attached hydrogens (tertiary/aromatic N) is 2. The molecule has 0 spiro atoms. The number of piperazine rings is 1. The molecule has 18 heavy (non-hydrogen) atoms. The Balaban J connectivity index is 1.61. The molecule has 1 heterocycles. The summed E-state index contributed by atoms with van der Waals surface area (Å²) in [5, 5.41) is 3.39. The molecule has 1 aromatic rings. The van der Waals surface area contributed by atoms with Crippen molar-refractivity contribution in [1.82, 2.24) is 15.1 Å². The Morgan fingerprint density at radius 2 is 1.83 bits per heavy atom. The summed E-state index contributed by atoms with van der Waals surface area (Å²) in [6.07, 6.45) is 1.15. The Morgan fingerprint density at radius 3 is 2.56 bits per heavy atom. The van der Waals surface area contributed by atoms with E-state index in [1.54, 1.807) is 0 Å². The molecular weight excluding hydrogens is 222 g/mol. The summed E-state index contributed by atoms with van der Waals surface area (Å²) < 4.78 is 0. The second-order valence-electron chi connectivity index (χ2n) is 5.13. The summed E-state index contributed by atoms with van der Waals surface area (Å²) in [6, 6.07) is 10.7. The highest BCUT2D eigenvalue weighted by molar-refractivity contribution is 5.14. The van der Waals surface area contributed by atoms with Gasteiger partial charge in [-0.25, -0.2) is 0 Å². The smallest absolute Gasteiger partial charge is 0.0110 e. The average Bonchev–Trinajstić information content (AvgIpc) is 2.45. The third-order valence-corrected chi connectivity index (χ3v) is 3.63. The van der Waals surface area contributed by atoms with Crippen LogP contribution < -0.4 is 5.32 Å². The van der Waals surface area contributed by atoms with Gasteiger partial charge in [0.2, 0.25) is 0 Å². The van der Waals surface area contributed by atoms with Crippen molar-refractivity contribution in [3.8, 4) is 0 Å². The van der Waals surface area contributed by atoms with E-state index in [-0.39, 0.29) is 0 Å². The number of benzene rings is 1. The number of hydrogen-bond acceptors (Lipinski definition) is 3. The van der Waals surface area contributed by atoms with Gasteiger partial charge in [0, 0.05) is 45.8 Å². The molecule has 1 aliphatic rings. The maximum Gasteiger partial charge on any atom is 0.0110 e. The van der Waals surface area contributed by atoms with E-state index < -0.39 is 0 Å². The van der Waals surface area contributed by atoms with Crippen LogP contribution in [-0.2, 0) is 6.42 Å². The van der Waals surface area contributed by atoms with Crippen molar-refractivity contribution in [3.63, 3.8) is 0 Å². The van der Waals surface area contributed by atoms with Gasteiger partial charge in [-0.15, -0.1) is 0 Å². The molecule has 1 N–H and O–H groups in total. The van der Waals surface area contributed by atoms with Crippen molar-refractivity contribution < 1.29 is 0 Å². The molecule has 0 aromatic heterocycles. The van der Waals surface area contributed by atoms with Crippen LogP contribution in [-0.4, -0.2) is 62.7 Å². The molecule has 2 rings (SSSR count). The quantitative estimate of drug-likeness (QED) is 0.811. The first-order valence-corrected chi connectivity index (χ1v) is 7.00. The Labute approximate surface area is 111 Å². The predicted octanol–water partition coefficient (Wildman–Crippen LogP) is 1.07. The van der Waals surface area contributed by atoms with Gasteiger partial charge < -0.3 is 10.2 Å². The molecule has 1 aliphatic heterocycles. The van der Waals surface area contributed by atoms with E-state index >= 15 is 0 Å². The fourth-order valence-electron chi connectivity index (χ4n) is 2.32. The van der Waals surface area contributed by atoms with Crippen LogP contribution in [0.5, 0.6) is 0 Å². The fraction of sp³-hybridized carbons (Fsp3) is 0.600. The molecule has 1 fully saturated rings. The lowest BCUT2D eigenvalue weighted by atomic mass is 10.1. The molecule has 0 unspecified atom stereocenters. The average molecular weight is 247 g/mol. The summed E-state index contributed by atoms with van der Waals surface area (Å²) in [7, 11) is 2.23. The van der Waals surface area contributed by atoms with Crippen molar-refractivity contribution >= 4 is 0 Å². The monoisotopic (exact) mass is 247 g/mol. The van der Waals surface area contributed by atoms with Gasteiger partial charge in [0.15, 0.2) is 0 Å². The van der Waals surface area contributed by atoms with Gasteiger partial charge in [0.1, 0.15) is 0 Å². The second kappa shape index (κ2) is 7.52. The van der Waals surface area contributed by atoms with Gasteiger partial charge in [0.05, 0.1) is 0 Å². The lowest BCUT2D eigenvalue weighted by Crippen LogP contribution is -2.46. The van der Waals surface area contributed by atoms with Crippen LogP contribution in [0.1, 0.15) is 5.56 Å². The van der Waals surface area contributed by atoms with Gasteiger partial charge in [-0.3, -0.25) is 4.90 Å². The van der Waals surface area contributed by atoms with Gasteiger partial charge >= 0.3 is 0 Å². The Kier molecular flexibility index (Phi) is 5.65. The van der Waals surface area contributed by atoms with E-state index in [0.717, 1.165) is 26.1 Å². The van der Waals surface area contributed by atoms with Crippen LogP contribution in [0, 0.1) is 0 Å². The second-order valence-corrected chi connectivity index (χ2v) is 5.13. The molecule has 0 amide bonds. The van der Waals surface area contributed by atoms with Crippen LogP contribution in [0.4, 0.5) is 0 Å². The fourth-order valence-corrected chi connectivity index (χ4v) is 2.32. The van der Waals surface area contributed by atoms with Gasteiger partial charge in [-0.05, 0) is 19.0 Å². The molecule has 3 heteroatoms. The van der Waals surface area contributed by atoms with Crippen molar-refractivity contribution in [2.45, 2.75) is 6.42 Å². The molecule has 0 radical (unpaired) electrons. The van der Waals surface area contributed by atoms with Gasteiger partial charge in [-0.1, -0.05) is 30.3 Å². The zero-order valence-electron chi connectivity index (χ0n) is 11.4. The normalized spacial score (nSPS) is 17.2. The molecule has 0 saturated carbocycles. The molecule has 0 atom stereocenters. The lowest BCUT2D eigenvalue weighted by molar-refractivity contribution is 0.206. The predicted molar refractivity (Wildman–Crippen MR) is 77.0 cm³/mol. The minimum absolute atomic E-state index is 1.15. The van der Waals surface area contributed by atoms with Crippen LogP contribution in [0.3, 0.4) is 0 Å². The van der Waals surface area contributed by atoms with E-state index in [9.17, 15) is 0 Å². The molecule has 0 aliphatic carbocycles. The summed E-state index contributed by atoms with van der Waals surface area (Å²) in [6.45, 7) is 8.22. The Morgan fingerprint density at radius 1 is 1.11 bits per heavy atom. The van der Waals surface area contributed by atoms with Crippen LogP contribution in [0.2, 0.25) is 0 Å². The van der Waals surface area contributed by atoms with Crippen molar-refractivity contribution in [3.05, 3.63) is 35.9 Å². The zero-order valence-corrected chi connectivity index (χ0v) is 11.4. The maximum atomic E-state index is 3.39. The van der Waals surface area contributed by atoms with E-state index in [4.69, 9.17) is 0 Å². The summed E-state index contributed by atoms with van der Waals surface area (Å²) in [4.78, 5) is 4.99. The highest BCUT2D eigenvalue weighted by atomic mass is 15.2. The number of rotatable bonds is 6. The van der Waals surface area contributed by atoms with Crippen molar-refractivity contribution in [2.75, 3.05) is 52.9 Å². The van der Waals surface area contributed by atoms with E-state index in [2.05, 4.69) is 52.5 Å². The van der Waals surface area contributed by atoms with E-state index in [1.807, 2.05) is 0 Å². The summed E-state index contributed by atoms with van der Waals surface area (Å²) >= 11 is 0. The van der Waals surface area contributed by atoms with E-state index in [0.29, 0.717) is 0 Å². The molecule has 0 bridgehead atoms. The zero-order chi connectivity index (χ0) is 12.6. The molecule has 3 nitrogen and oxygen atoms in total. The highest BCUT2D eigenvalue weighted by Crippen LogP contribution is 2.01. The first-order chi connectivity index (χ1) is 8.84. The molecule has 1 aromatic carbocycles. The lowest BCUT2D eigenvalue weighted by Gasteiger charge is -2.29. The summed E-state index contributed by atoms with van der Waals surface area (Å²) in [5.74, 6) is 0. The van der Waals surface area contributed by atoms with Gasteiger partial charge in [-0.2, -0.15) is 0 Å². The van der Waals surface area contributed by atoms with Crippen molar-refractivity contribution in [2.24, 2.45) is 0 Å². The van der Waals surface area contributed by atoms with E-state index in [1.165, 1.54) is 31.7 Å². The minimum Gasteiger partial charge on any atom is -0.314 e. The Bertz CT molecular complexity index is 320. The first kappa shape index (κ1) is 13.5. The van der Waals surface area contributed by atoms with Crippen molar-refractivity contribution in [1.29, 1.82) is 0 Å². The number of nitrogens with one attached hydrogen (secondary N) is 1. The summed E-state index contributed by atoms with van der Waals surface area (Å²) in [5.41, 5.74) is 1.44. The van der Waals surface area contributed by atoms with Crippen LogP contribution in [0.15, 0.2) is 30.3 Å². The largest absolute Gasteiger partial charge is 0.314 e. The van der Waals surface area contributed by atoms with Gasteiger partial charge in [0.25, 0.3) is 0 Å². The van der Waals surface area contributed by atoms with Crippen LogP contribution in [0.25, 0.3) is 0 Å². The highest BCUT2D eigenvalue weighted by Gasteiger charge is 2.09. The molecule has 1 saturated heterocycles.